The second-order valence-corrected chi connectivity index (χ2v) is 7.44. The molecule has 2 rings (SSSR count). The molecule has 1 N–H and O–H groups in total. The number of thiazole rings is 1. The minimum atomic E-state index is -3.73. The van der Waals surface area contributed by atoms with Crippen LogP contribution in [0.15, 0.2) is 9.72 Å². The number of esters is 1. The molecule has 0 amide bonds. The molecule has 0 spiro atoms. The number of carbonyl (C=O) groups excluding carboxylic acids is 1. The maximum atomic E-state index is 12.3. The number of piperidine rings is 1. The summed E-state index contributed by atoms with van der Waals surface area (Å²) < 4.78 is 31.8. The average Bonchev–Trinajstić information content (AvgIpc) is 2.90. The third kappa shape index (κ3) is 3.35. The van der Waals surface area contributed by atoms with Gasteiger partial charge in [0.1, 0.15) is 0 Å². The summed E-state index contributed by atoms with van der Waals surface area (Å²) in [5.74, 6) is -0.741. The van der Waals surface area contributed by atoms with Gasteiger partial charge >= 0.3 is 5.97 Å². The van der Waals surface area contributed by atoms with Gasteiger partial charge in [-0.15, -0.1) is 11.3 Å². The first-order chi connectivity index (χ1) is 9.44. The first kappa shape index (κ1) is 15.4. The summed E-state index contributed by atoms with van der Waals surface area (Å²) in [6.45, 7) is 1.69. The van der Waals surface area contributed by atoms with E-state index in [9.17, 15) is 13.2 Å². The Morgan fingerprint density at radius 2 is 2.15 bits per heavy atom. The molecule has 7 nitrogen and oxygen atoms in total. The number of hydrogen-bond donors (Lipinski definition) is 1. The maximum absolute atomic E-state index is 12.3. The van der Waals surface area contributed by atoms with Crippen molar-refractivity contribution in [2.75, 3.05) is 27.2 Å². The van der Waals surface area contributed by atoms with Crippen molar-refractivity contribution in [3.63, 3.8) is 0 Å². The van der Waals surface area contributed by atoms with Gasteiger partial charge in [0.15, 0.2) is 9.90 Å². The molecule has 0 atom stereocenters. The minimum Gasteiger partial charge on any atom is -0.464 e. The Balaban J connectivity index is 2.15. The van der Waals surface area contributed by atoms with E-state index in [2.05, 4.69) is 19.3 Å². The summed E-state index contributed by atoms with van der Waals surface area (Å²) in [6.07, 6.45) is 1.50. The van der Waals surface area contributed by atoms with Crippen molar-refractivity contribution in [3.05, 3.63) is 11.2 Å². The third-order valence-corrected chi connectivity index (χ3v) is 6.09. The molecule has 1 aromatic heterocycles. The fourth-order valence-electron chi connectivity index (χ4n) is 2.06. The fraction of sp³-hybridized carbons (Fsp3) is 0.636. The van der Waals surface area contributed by atoms with E-state index in [1.165, 1.54) is 12.6 Å². The van der Waals surface area contributed by atoms with Crippen LogP contribution in [-0.4, -0.2) is 57.6 Å². The van der Waals surface area contributed by atoms with Crippen LogP contribution in [-0.2, 0) is 14.8 Å². The van der Waals surface area contributed by atoms with Gasteiger partial charge in [-0.25, -0.2) is 22.9 Å². The van der Waals surface area contributed by atoms with Gasteiger partial charge < -0.3 is 9.64 Å². The van der Waals surface area contributed by atoms with E-state index in [4.69, 9.17) is 0 Å². The predicted octanol–water partition coefficient (Wildman–Crippen LogP) is 0.302. The van der Waals surface area contributed by atoms with Crippen molar-refractivity contribution in [1.29, 1.82) is 0 Å². The van der Waals surface area contributed by atoms with Crippen LogP contribution in [0, 0.1) is 0 Å². The Hall–Kier alpha value is -1.03. The van der Waals surface area contributed by atoms with E-state index in [1.807, 2.05) is 7.05 Å². The molecule has 112 valence electrons. The topological polar surface area (TPSA) is 88.6 Å². The van der Waals surface area contributed by atoms with E-state index in [0.29, 0.717) is 0 Å². The molecule has 20 heavy (non-hydrogen) atoms. The molecule has 0 radical (unpaired) electrons. The monoisotopic (exact) mass is 319 g/mol. The molecule has 0 unspecified atom stereocenters. The third-order valence-electron chi connectivity index (χ3n) is 3.20. The number of sulfonamides is 1. The van der Waals surface area contributed by atoms with Crippen LogP contribution in [0.1, 0.15) is 23.3 Å². The molecule has 2 heterocycles. The lowest BCUT2D eigenvalue weighted by atomic mass is 10.1. The van der Waals surface area contributed by atoms with Crippen molar-refractivity contribution in [2.45, 2.75) is 23.1 Å². The van der Waals surface area contributed by atoms with Crippen LogP contribution >= 0.6 is 11.3 Å². The quantitative estimate of drug-likeness (QED) is 0.803. The second-order valence-electron chi connectivity index (χ2n) is 4.68. The maximum Gasteiger partial charge on any atom is 0.358 e. The van der Waals surface area contributed by atoms with Crippen LogP contribution < -0.4 is 4.72 Å². The molecule has 0 aromatic carbocycles. The second kappa shape index (κ2) is 6.17. The summed E-state index contributed by atoms with van der Waals surface area (Å²) >= 11 is 0.916. The van der Waals surface area contributed by atoms with Crippen molar-refractivity contribution < 1.29 is 17.9 Å². The van der Waals surface area contributed by atoms with Crippen molar-refractivity contribution in [1.82, 2.24) is 14.6 Å². The average molecular weight is 319 g/mol. The van der Waals surface area contributed by atoms with Gasteiger partial charge in [0.05, 0.1) is 12.6 Å². The summed E-state index contributed by atoms with van der Waals surface area (Å²) in [5, 5.41) is 0. The molecule has 1 saturated heterocycles. The highest BCUT2D eigenvalue weighted by Gasteiger charge is 2.29. The zero-order valence-electron chi connectivity index (χ0n) is 11.3. The lowest BCUT2D eigenvalue weighted by Crippen LogP contribution is -2.43. The van der Waals surface area contributed by atoms with Crippen LogP contribution in [0.4, 0.5) is 0 Å². The molecule has 9 heteroatoms. The first-order valence-corrected chi connectivity index (χ1v) is 8.53. The highest BCUT2D eigenvalue weighted by molar-refractivity contribution is 7.91. The SMILES string of the molecule is COC(=O)c1ncsc1S(=O)(=O)NC1CCN(C)CC1. The molecule has 1 aliphatic heterocycles. The van der Waals surface area contributed by atoms with Gasteiger partial charge in [-0.3, -0.25) is 0 Å². The van der Waals surface area contributed by atoms with Crippen molar-refractivity contribution in [3.8, 4) is 0 Å². The first-order valence-electron chi connectivity index (χ1n) is 6.16. The normalized spacial score (nSPS) is 18.1. The Labute approximate surface area is 122 Å². The number of aromatic nitrogens is 1. The number of likely N-dealkylation sites (tertiary alicyclic amines) is 1. The standard InChI is InChI=1S/C11H17N3O4S2/c1-14-5-3-8(4-6-14)13-20(16,17)11-9(10(15)18-2)12-7-19-11/h7-8,13H,3-6H2,1-2H3. The zero-order valence-corrected chi connectivity index (χ0v) is 13.0. The van der Waals surface area contributed by atoms with E-state index in [1.54, 1.807) is 0 Å². The largest absolute Gasteiger partial charge is 0.464 e. The van der Waals surface area contributed by atoms with E-state index in [-0.39, 0.29) is 15.9 Å². The van der Waals surface area contributed by atoms with E-state index >= 15 is 0 Å². The molecular formula is C11H17N3O4S2. The van der Waals surface area contributed by atoms with Crippen LogP contribution in [0.5, 0.6) is 0 Å². The van der Waals surface area contributed by atoms with E-state index < -0.39 is 16.0 Å². The van der Waals surface area contributed by atoms with E-state index in [0.717, 1.165) is 37.3 Å². The smallest absolute Gasteiger partial charge is 0.358 e. The molecule has 1 aromatic rings. The van der Waals surface area contributed by atoms with Crippen molar-refractivity contribution >= 4 is 27.3 Å². The predicted molar refractivity (Wildman–Crippen MR) is 74.3 cm³/mol. The lowest BCUT2D eigenvalue weighted by Gasteiger charge is -2.29. The molecule has 0 bridgehead atoms. The van der Waals surface area contributed by atoms with Crippen LogP contribution in [0.3, 0.4) is 0 Å². The summed E-state index contributed by atoms with van der Waals surface area (Å²) in [4.78, 5) is 17.4. The number of nitrogens with one attached hydrogen (secondary N) is 1. The van der Waals surface area contributed by atoms with Gasteiger partial charge in [-0.2, -0.15) is 0 Å². The highest BCUT2D eigenvalue weighted by atomic mass is 32.2. The molecule has 0 saturated carbocycles. The number of methoxy groups -OCH3 is 1. The Bertz CT molecular complexity index is 576. The summed E-state index contributed by atoms with van der Waals surface area (Å²) in [7, 11) is -0.533. The molecule has 1 fully saturated rings. The minimum absolute atomic E-state index is 0.0803. The zero-order chi connectivity index (χ0) is 14.8. The number of nitrogens with zero attached hydrogens (tertiary/aromatic N) is 2. The molecule has 1 aliphatic rings. The molecular weight excluding hydrogens is 302 g/mol. The Morgan fingerprint density at radius 1 is 1.50 bits per heavy atom. The van der Waals surface area contributed by atoms with Crippen LogP contribution in [0.25, 0.3) is 0 Å². The number of carbonyl (C=O) groups is 1. The van der Waals surface area contributed by atoms with Gasteiger partial charge in [0.25, 0.3) is 10.0 Å². The summed E-state index contributed by atoms with van der Waals surface area (Å²) in [5.41, 5.74) is 1.17. The highest BCUT2D eigenvalue weighted by Crippen LogP contribution is 2.22. The van der Waals surface area contributed by atoms with Gasteiger partial charge in [0.2, 0.25) is 0 Å². The van der Waals surface area contributed by atoms with Crippen molar-refractivity contribution in [2.24, 2.45) is 0 Å². The summed E-state index contributed by atoms with van der Waals surface area (Å²) in [6, 6.07) is -0.108. The molecule has 0 aliphatic carbocycles. The number of ether oxygens (including phenoxy) is 1. The van der Waals surface area contributed by atoms with Gasteiger partial charge in [-0.1, -0.05) is 0 Å². The van der Waals surface area contributed by atoms with Gasteiger partial charge in [0, 0.05) is 6.04 Å². The Morgan fingerprint density at radius 3 is 2.75 bits per heavy atom. The number of hydrogen-bond acceptors (Lipinski definition) is 7. The lowest BCUT2D eigenvalue weighted by molar-refractivity contribution is 0.0590. The Kier molecular flexibility index (Phi) is 4.74. The number of rotatable bonds is 4. The van der Waals surface area contributed by atoms with Crippen LogP contribution in [0.2, 0.25) is 0 Å². The van der Waals surface area contributed by atoms with Gasteiger partial charge in [-0.05, 0) is 33.0 Å². The fourth-order valence-corrected chi connectivity index (χ4v) is 4.51.